The van der Waals surface area contributed by atoms with Crippen LogP contribution in [0.1, 0.15) is 15.2 Å². The number of benzene rings is 1. The van der Waals surface area contributed by atoms with E-state index in [1.807, 2.05) is 11.4 Å². The summed E-state index contributed by atoms with van der Waals surface area (Å²) in [6.45, 7) is 0. The molecule has 1 aromatic heterocycles. The van der Waals surface area contributed by atoms with Gasteiger partial charge in [0.2, 0.25) is 0 Å². The Labute approximate surface area is 109 Å². The van der Waals surface area contributed by atoms with Gasteiger partial charge in [0.05, 0.1) is 12.0 Å². The van der Waals surface area contributed by atoms with Gasteiger partial charge in [-0.05, 0) is 29.7 Å². The minimum absolute atomic E-state index is 0.0372. The highest BCUT2D eigenvalue weighted by molar-refractivity contribution is 7.12. The summed E-state index contributed by atoms with van der Waals surface area (Å²) < 4.78 is 5.00. The number of carbonyl (C=O) groups excluding carboxylic acids is 1. The Morgan fingerprint density at radius 1 is 1.33 bits per heavy atom. The third-order valence-corrected chi connectivity index (χ3v) is 3.31. The lowest BCUT2D eigenvalue weighted by molar-refractivity contribution is 0.105. The van der Waals surface area contributed by atoms with Crippen LogP contribution in [-0.2, 0) is 0 Å². The topological polar surface area (TPSA) is 46.5 Å². The van der Waals surface area contributed by atoms with Crippen LogP contribution in [-0.4, -0.2) is 18.0 Å². The summed E-state index contributed by atoms with van der Waals surface area (Å²) in [5, 5.41) is 11.7. The summed E-state index contributed by atoms with van der Waals surface area (Å²) >= 11 is 1.39. The van der Waals surface area contributed by atoms with Crippen LogP contribution in [0.15, 0.2) is 41.8 Å². The maximum Gasteiger partial charge on any atom is 0.195 e. The van der Waals surface area contributed by atoms with E-state index in [0.29, 0.717) is 16.2 Å². The molecule has 0 atom stereocenters. The van der Waals surface area contributed by atoms with Crippen LogP contribution in [0.4, 0.5) is 0 Å². The monoisotopic (exact) mass is 260 g/mol. The summed E-state index contributed by atoms with van der Waals surface area (Å²) in [7, 11) is 1.49. The predicted octanol–water partition coefficient (Wildman–Crippen LogP) is 3.36. The molecule has 0 spiro atoms. The summed E-state index contributed by atoms with van der Waals surface area (Å²) in [6.07, 6.45) is 3.03. The second-order valence-electron chi connectivity index (χ2n) is 3.57. The number of phenolic OH excluding ortho intramolecular Hbond substituents is 1. The number of aromatic hydroxyl groups is 1. The summed E-state index contributed by atoms with van der Waals surface area (Å²) in [5.74, 6) is 0.350. The Morgan fingerprint density at radius 2 is 2.17 bits per heavy atom. The fraction of sp³-hybridized carbons (Fsp3) is 0.0714. The number of ether oxygens (including phenoxy) is 1. The second-order valence-corrected chi connectivity index (χ2v) is 4.52. The number of hydrogen-bond acceptors (Lipinski definition) is 4. The number of para-hydroxylation sites is 1. The Balaban J connectivity index is 2.22. The second kappa shape index (κ2) is 5.51. The third-order valence-electron chi connectivity index (χ3n) is 2.43. The van der Waals surface area contributed by atoms with Gasteiger partial charge in [0, 0.05) is 5.56 Å². The third kappa shape index (κ3) is 2.60. The first-order chi connectivity index (χ1) is 8.72. The van der Waals surface area contributed by atoms with Crippen molar-refractivity contribution in [1.29, 1.82) is 0 Å². The summed E-state index contributed by atoms with van der Waals surface area (Å²) in [6, 6.07) is 8.73. The largest absolute Gasteiger partial charge is 0.504 e. The first kappa shape index (κ1) is 12.4. The van der Waals surface area contributed by atoms with E-state index in [9.17, 15) is 9.90 Å². The van der Waals surface area contributed by atoms with Gasteiger partial charge in [-0.3, -0.25) is 4.79 Å². The number of methoxy groups -OCH3 is 1. The quantitative estimate of drug-likeness (QED) is 0.677. The van der Waals surface area contributed by atoms with Gasteiger partial charge in [-0.2, -0.15) is 0 Å². The van der Waals surface area contributed by atoms with E-state index in [2.05, 4.69) is 0 Å². The van der Waals surface area contributed by atoms with Crippen LogP contribution in [0, 0.1) is 0 Å². The van der Waals surface area contributed by atoms with Crippen molar-refractivity contribution in [3.05, 3.63) is 52.2 Å². The zero-order valence-electron chi connectivity index (χ0n) is 9.79. The van der Waals surface area contributed by atoms with Gasteiger partial charge in [0.25, 0.3) is 0 Å². The fourth-order valence-electron chi connectivity index (χ4n) is 1.50. The van der Waals surface area contributed by atoms with Crippen molar-refractivity contribution in [3.8, 4) is 11.5 Å². The van der Waals surface area contributed by atoms with Crippen molar-refractivity contribution in [2.75, 3.05) is 7.11 Å². The van der Waals surface area contributed by atoms with Crippen LogP contribution >= 0.6 is 11.3 Å². The molecule has 0 aliphatic carbocycles. The zero-order chi connectivity index (χ0) is 13.0. The van der Waals surface area contributed by atoms with Gasteiger partial charge in [-0.25, -0.2) is 0 Å². The van der Waals surface area contributed by atoms with E-state index >= 15 is 0 Å². The molecule has 0 amide bonds. The smallest absolute Gasteiger partial charge is 0.195 e. The SMILES string of the molecule is COc1cccc(/C=C/C(=O)c2cccs2)c1O. The first-order valence-electron chi connectivity index (χ1n) is 5.34. The first-order valence-corrected chi connectivity index (χ1v) is 6.22. The van der Waals surface area contributed by atoms with Crippen molar-refractivity contribution >= 4 is 23.2 Å². The number of rotatable bonds is 4. The maximum atomic E-state index is 11.8. The number of ketones is 1. The highest BCUT2D eigenvalue weighted by Gasteiger charge is 2.06. The van der Waals surface area contributed by atoms with Crippen molar-refractivity contribution < 1.29 is 14.6 Å². The van der Waals surface area contributed by atoms with Gasteiger partial charge in [-0.1, -0.05) is 18.2 Å². The Kier molecular flexibility index (Phi) is 3.79. The minimum atomic E-state index is -0.0766. The standard InChI is InChI=1S/C14H12O3S/c1-17-12-5-2-4-10(14(12)16)7-8-11(15)13-6-3-9-18-13/h2-9,16H,1H3/b8-7+. The van der Waals surface area contributed by atoms with Crippen LogP contribution in [0.5, 0.6) is 11.5 Å². The van der Waals surface area contributed by atoms with Crippen LogP contribution in [0.2, 0.25) is 0 Å². The molecular formula is C14H12O3S. The van der Waals surface area contributed by atoms with E-state index in [-0.39, 0.29) is 11.5 Å². The lowest BCUT2D eigenvalue weighted by Gasteiger charge is -2.04. The fourth-order valence-corrected chi connectivity index (χ4v) is 2.15. The molecule has 4 heteroatoms. The Hall–Kier alpha value is -2.07. The number of allylic oxidation sites excluding steroid dienone is 1. The summed E-state index contributed by atoms with van der Waals surface area (Å²) in [5.41, 5.74) is 0.555. The van der Waals surface area contributed by atoms with Gasteiger partial charge in [0.1, 0.15) is 0 Å². The lowest BCUT2D eigenvalue weighted by Crippen LogP contribution is -1.89. The number of carbonyl (C=O) groups is 1. The van der Waals surface area contributed by atoms with Gasteiger partial charge in [0.15, 0.2) is 17.3 Å². The number of phenols is 1. The highest BCUT2D eigenvalue weighted by Crippen LogP contribution is 2.30. The van der Waals surface area contributed by atoms with Crippen molar-refractivity contribution in [2.45, 2.75) is 0 Å². The molecule has 1 heterocycles. The molecule has 2 aromatic rings. The molecular weight excluding hydrogens is 248 g/mol. The molecule has 0 aliphatic rings. The molecule has 1 aromatic carbocycles. The van der Waals surface area contributed by atoms with Gasteiger partial charge < -0.3 is 9.84 Å². The molecule has 18 heavy (non-hydrogen) atoms. The molecule has 0 saturated carbocycles. The van der Waals surface area contributed by atoms with Crippen molar-refractivity contribution in [1.82, 2.24) is 0 Å². The van der Waals surface area contributed by atoms with Crippen molar-refractivity contribution in [3.63, 3.8) is 0 Å². The predicted molar refractivity (Wildman–Crippen MR) is 72.3 cm³/mol. The normalized spacial score (nSPS) is 10.7. The van der Waals surface area contributed by atoms with Crippen LogP contribution in [0.3, 0.4) is 0 Å². The number of thiophene rings is 1. The molecule has 0 radical (unpaired) electrons. The highest BCUT2D eigenvalue weighted by atomic mass is 32.1. The van der Waals surface area contributed by atoms with Crippen LogP contribution in [0.25, 0.3) is 6.08 Å². The minimum Gasteiger partial charge on any atom is -0.504 e. The molecule has 3 nitrogen and oxygen atoms in total. The molecule has 2 rings (SSSR count). The molecule has 1 N–H and O–H groups in total. The molecule has 0 unspecified atom stereocenters. The lowest BCUT2D eigenvalue weighted by atomic mass is 10.1. The van der Waals surface area contributed by atoms with Gasteiger partial charge >= 0.3 is 0 Å². The zero-order valence-corrected chi connectivity index (χ0v) is 10.6. The molecule has 0 bridgehead atoms. The van der Waals surface area contributed by atoms with Crippen LogP contribution < -0.4 is 4.74 Å². The van der Waals surface area contributed by atoms with E-state index in [0.717, 1.165) is 0 Å². The molecule has 92 valence electrons. The Morgan fingerprint density at radius 3 is 2.83 bits per heavy atom. The van der Waals surface area contributed by atoms with Crippen molar-refractivity contribution in [2.24, 2.45) is 0 Å². The molecule has 0 aliphatic heterocycles. The van der Waals surface area contributed by atoms with E-state index in [1.165, 1.54) is 24.5 Å². The van der Waals surface area contributed by atoms with Gasteiger partial charge in [-0.15, -0.1) is 11.3 Å². The average Bonchev–Trinajstić information content (AvgIpc) is 2.91. The summed E-state index contributed by atoms with van der Waals surface area (Å²) in [4.78, 5) is 12.4. The maximum absolute atomic E-state index is 11.8. The molecule has 0 fully saturated rings. The van der Waals surface area contributed by atoms with E-state index < -0.39 is 0 Å². The number of hydrogen-bond donors (Lipinski definition) is 1. The molecule has 0 saturated heterocycles. The van der Waals surface area contributed by atoms with E-state index in [4.69, 9.17) is 4.74 Å². The Bertz CT molecular complexity index is 571. The van der Waals surface area contributed by atoms with E-state index in [1.54, 1.807) is 30.3 Å². The average molecular weight is 260 g/mol.